The van der Waals surface area contributed by atoms with Crippen LogP contribution in [-0.4, -0.2) is 4.98 Å². The first-order valence-corrected chi connectivity index (χ1v) is 3.15. The molecule has 0 saturated heterocycles. The minimum Gasteiger partial charge on any atom is -1.00 e. The van der Waals surface area contributed by atoms with E-state index in [4.69, 9.17) is 0 Å². The molecule has 0 bridgehead atoms. The third kappa shape index (κ3) is 7.50. The molecule has 1 rings (SSSR count). The van der Waals surface area contributed by atoms with Gasteiger partial charge in [0.1, 0.15) is 0 Å². The van der Waals surface area contributed by atoms with Gasteiger partial charge in [0.25, 0.3) is 0 Å². The van der Waals surface area contributed by atoms with Crippen molar-refractivity contribution in [2.24, 2.45) is 0 Å². The van der Waals surface area contributed by atoms with E-state index in [0.29, 0.717) is 0 Å². The van der Waals surface area contributed by atoms with Gasteiger partial charge in [0, 0.05) is 16.9 Å². The largest absolute Gasteiger partial charge is 2.00 e. The molecule has 0 amide bonds. The molecule has 0 aromatic carbocycles. The minimum absolute atomic E-state index is 0. The van der Waals surface area contributed by atoms with Crippen LogP contribution in [0.5, 0.6) is 0 Å². The van der Waals surface area contributed by atoms with Gasteiger partial charge in [-0.05, 0) is 34.5 Å². The summed E-state index contributed by atoms with van der Waals surface area (Å²) in [4.78, 5) is 3.94. The van der Waals surface area contributed by atoms with Crippen LogP contribution in [0.1, 0.15) is 5.56 Å². The van der Waals surface area contributed by atoms with Gasteiger partial charge < -0.3 is 24.8 Å². The van der Waals surface area contributed by atoms with Crippen molar-refractivity contribution < 1.29 is 52.5 Å². The summed E-state index contributed by atoms with van der Waals surface area (Å²) in [6.45, 7) is 2.01. The summed E-state index contributed by atoms with van der Waals surface area (Å²) in [5.74, 6) is 0. The number of hydrogen-bond acceptors (Lipinski definition) is 1. The van der Waals surface area contributed by atoms with Crippen molar-refractivity contribution in [1.29, 1.82) is 0 Å². The van der Waals surface area contributed by atoms with Crippen molar-refractivity contribution in [3.8, 4) is 0 Å². The van der Waals surface area contributed by atoms with Crippen molar-refractivity contribution in [2.45, 2.75) is 6.92 Å². The van der Waals surface area contributed by atoms with Gasteiger partial charge in [-0.2, -0.15) is 0 Å². The molecular weight excluding hydrogens is 437 g/mol. The molecule has 11 heavy (non-hydrogen) atoms. The third-order valence-electron chi connectivity index (χ3n) is 0.842. The fraction of sp³-hybridized carbons (Fsp3) is 0.167. The molecule has 1 nitrogen and oxygen atoms in total. The Labute approximate surface area is 108 Å². The zero-order valence-electron chi connectivity index (χ0n) is 6.02. The van der Waals surface area contributed by atoms with Gasteiger partial charge in [0.05, 0.1) is 0 Å². The fourth-order valence-electron chi connectivity index (χ4n) is 0.518. The molecule has 1 aromatic heterocycles. The van der Waals surface area contributed by atoms with Crippen molar-refractivity contribution in [3.05, 3.63) is 28.5 Å². The molecule has 0 fully saturated rings. The number of aromatic nitrogens is 1. The summed E-state index contributed by atoms with van der Waals surface area (Å²) >= 11 is 3.30. The first kappa shape index (κ1) is 18.0. The summed E-state index contributed by atoms with van der Waals surface area (Å²) in [5.41, 5.74) is 1.18. The van der Waals surface area contributed by atoms with Gasteiger partial charge >= 0.3 is 27.7 Å². The minimum atomic E-state index is 0. The predicted molar refractivity (Wildman–Crippen MR) is 36.7 cm³/mol. The van der Waals surface area contributed by atoms with Crippen LogP contribution in [0.4, 0.5) is 0 Å². The number of pyridine rings is 1. The topological polar surface area (TPSA) is 12.9 Å². The molecule has 0 aliphatic carbocycles. The van der Waals surface area contributed by atoms with Crippen molar-refractivity contribution in [2.75, 3.05) is 0 Å². The SMILES string of the molecule is Cc1cncc(Br)c1.[Cl-].[Cl-].[Hg+2]. The van der Waals surface area contributed by atoms with Crippen LogP contribution in [0.15, 0.2) is 22.9 Å². The van der Waals surface area contributed by atoms with Crippen molar-refractivity contribution in [3.63, 3.8) is 0 Å². The fourth-order valence-corrected chi connectivity index (χ4v) is 0.997. The van der Waals surface area contributed by atoms with Crippen molar-refractivity contribution in [1.82, 2.24) is 4.98 Å². The van der Waals surface area contributed by atoms with E-state index in [9.17, 15) is 0 Å². The van der Waals surface area contributed by atoms with E-state index in [2.05, 4.69) is 20.9 Å². The Morgan fingerprint density at radius 3 is 2.09 bits per heavy atom. The van der Waals surface area contributed by atoms with Crippen molar-refractivity contribution >= 4 is 15.9 Å². The van der Waals surface area contributed by atoms with Crippen LogP contribution in [0.2, 0.25) is 0 Å². The monoisotopic (exact) mass is 443 g/mol. The van der Waals surface area contributed by atoms with E-state index in [1.165, 1.54) is 5.56 Å². The third-order valence-corrected chi connectivity index (χ3v) is 1.28. The second kappa shape index (κ2) is 9.23. The number of hydrogen-bond donors (Lipinski definition) is 0. The van der Waals surface area contributed by atoms with Gasteiger partial charge in [-0.3, -0.25) is 4.98 Å². The molecule has 5 heteroatoms. The number of nitrogens with zero attached hydrogens (tertiary/aromatic N) is 1. The van der Waals surface area contributed by atoms with Crippen LogP contribution >= 0.6 is 15.9 Å². The van der Waals surface area contributed by atoms with Gasteiger partial charge in [0.15, 0.2) is 0 Å². The zero-order chi connectivity index (χ0) is 5.98. The van der Waals surface area contributed by atoms with E-state index in [0.717, 1.165) is 4.47 Å². The molecule has 1 heterocycles. The molecule has 0 unspecified atom stereocenters. The second-order valence-electron chi connectivity index (χ2n) is 1.68. The Bertz CT molecular complexity index is 180. The van der Waals surface area contributed by atoms with Crippen LogP contribution < -0.4 is 24.8 Å². The summed E-state index contributed by atoms with van der Waals surface area (Å²) in [7, 11) is 0. The van der Waals surface area contributed by atoms with Crippen LogP contribution in [-0.2, 0) is 27.7 Å². The molecule has 0 saturated carbocycles. The second-order valence-corrected chi connectivity index (χ2v) is 2.60. The van der Waals surface area contributed by atoms with Crippen LogP contribution in [0, 0.1) is 6.92 Å². The van der Waals surface area contributed by atoms with E-state index < -0.39 is 0 Å². The summed E-state index contributed by atoms with van der Waals surface area (Å²) in [5, 5.41) is 0. The molecule has 0 aliphatic heterocycles. The number of aryl methyl sites for hydroxylation is 1. The van der Waals surface area contributed by atoms with E-state index in [1.54, 1.807) is 6.20 Å². The molecule has 0 radical (unpaired) electrons. The summed E-state index contributed by atoms with van der Waals surface area (Å²) < 4.78 is 1.04. The maximum atomic E-state index is 3.94. The van der Waals surface area contributed by atoms with Gasteiger partial charge in [-0.25, -0.2) is 0 Å². The smallest absolute Gasteiger partial charge is 1.00 e. The maximum absolute atomic E-state index is 3.94. The number of halogens is 3. The molecule has 0 atom stereocenters. The summed E-state index contributed by atoms with van der Waals surface area (Å²) in [6, 6.07) is 2.02. The Morgan fingerprint density at radius 1 is 1.27 bits per heavy atom. The summed E-state index contributed by atoms with van der Waals surface area (Å²) in [6.07, 6.45) is 3.60. The predicted octanol–water partition coefficient (Wildman–Crippen LogP) is -3.84. The first-order chi connectivity index (χ1) is 3.79. The van der Waals surface area contributed by atoms with Crippen LogP contribution in [0.3, 0.4) is 0 Å². The zero-order valence-corrected chi connectivity index (χ0v) is 14.6. The van der Waals surface area contributed by atoms with E-state index in [-0.39, 0.29) is 52.5 Å². The van der Waals surface area contributed by atoms with Gasteiger partial charge in [-0.1, -0.05) is 0 Å². The molecule has 58 valence electrons. The maximum Gasteiger partial charge on any atom is 2.00 e. The van der Waals surface area contributed by atoms with E-state index in [1.807, 2.05) is 19.2 Å². The molecule has 0 spiro atoms. The molecule has 1 aromatic rings. The van der Waals surface area contributed by atoms with Gasteiger partial charge in [-0.15, -0.1) is 0 Å². The van der Waals surface area contributed by atoms with E-state index >= 15 is 0 Å². The average Bonchev–Trinajstić information content (AvgIpc) is 1.64. The Hall–Kier alpha value is 1.15. The van der Waals surface area contributed by atoms with Crippen LogP contribution in [0.25, 0.3) is 0 Å². The molecule has 0 N–H and O–H groups in total. The standard InChI is InChI=1S/C6H6BrN.2ClH.Hg/c1-5-2-6(7)4-8-3-5;;;/h2-4H,1H3;2*1H;/q;;;+2/p-2. The number of rotatable bonds is 0. The Morgan fingerprint density at radius 2 is 1.82 bits per heavy atom. The average molecular weight is 444 g/mol. The quantitative estimate of drug-likeness (QED) is 0.375. The van der Waals surface area contributed by atoms with Gasteiger partial charge in [0.2, 0.25) is 0 Å². The first-order valence-electron chi connectivity index (χ1n) is 2.36. The normalized spacial score (nSPS) is 6.73. The Balaban J connectivity index is -0.000000213. The molecule has 0 aliphatic rings. The Kier molecular flexibility index (Phi) is 15.1. The molecular formula is C6H6BrCl2HgN.